The lowest BCUT2D eigenvalue weighted by molar-refractivity contribution is -0.178. The fourth-order valence-electron chi connectivity index (χ4n) is 9.71. The number of nitrogens with one attached hydrogen (secondary N) is 4. The Morgan fingerprint density at radius 3 is 1.47 bits per heavy atom. The van der Waals surface area contributed by atoms with Crippen molar-refractivity contribution in [1.29, 1.82) is 0 Å². The molecule has 2 aromatic heterocycles. The van der Waals surface area contributed by atoms with Crippen molar-refractivity contribution in [2.75, 3.05) is 36.1 Å². The molecule has 302 valence electrons. The summed E-state index contributed by atoms with van der Waals surface area (Å²) in [4.78, 5) is 55.1. The summed E-state index contributed by atoms with van der Waals surface area (Å²) in [5, 5.41) is 5.96. The Morgan fingerprint density at radius 2 is 1.00 bits per heavy atom. The van der Waals surface area contributed by atoms with Crippen LogP contribution in [0.1, 0.15) is 97.5 Å². The van der Waals surface area contributed by atoms with E-state index in [9.17, 15) is 14.4 Å². The highest BCUT2D eigenvalue weighted by Crippen LogP contribution is 2.43. The molecule has 0 radical (unpaired) electrons. The van der Waals surface area contributed by atoms with Gasteiger partial charge in [-0.3, -0.25) is 14.6 Å². The summed E-state index contributed by atoms with van der Waals surface area (Å²) in [5.74, 6) is 1.07. The molecule has 11 rings (SSSR count). The topological polar surface area (TPSA) is 158 Å². The molecule has 2 aliphatic carbocycles. The molecule has 4 aromatic carbocycles. The Hall–Kier alpha value is -6.05. The summed E-state index contributed by atoms with van der Waals surface area (Å²) in [6.07, 6.45) is 10.7. The Balaban J connectivity index is 0.000000143. The van der Waals surface area contributed by atoms with Crippen LogP contribution in [0.2, 0.25) is 0 Å². The average molecular weight is 793 g/mol. The number of hydrogen-bond acceptors (Lipinski definition) is 7. The number of carbonyl (C=O) groups is 3. The molecule has 5 fully saturated rings. The molecule has 6 aromatic rings. The minimum atomic E-state index is -0.317. The minimum absolute atomic E-state index is 0.0307. The summed E-state index contributed by atoms with van der Waals surface area (Å²) in [6.45, 7) is 2.62. The molecular weight excluding hydrogens is 745 g/mol. The lowest BCUT2D eigenvalue weighted by Crippen LogP contribution is -2.34. The lowest BCUT2D eigenvalue weighted by Gasteiger charge is -2.35. The van der Waals surface area contributed by atoms with Gasteiger partial charge in [-0.1, -0.05) is 48.5 Å². The van der Waals surface area contributed by atoms with Crippen molar-refractivity contribution < 1.29 is 23.9 Å². The van der Waals surface area contributed by atoms with E-state index < -0.39 is 0 Å². The van der Waals surface area contributed by atoms with Crippen molar-refractivity contribution in [3.8, 4) is 0 Å². The largest absolute Gasteiger partial charge is 0.348 e. The van der Waals surface area contributed by atoms with Crippen molar-refractivity contribution in [2.45, 2.75) is 81.1 Å². The maximum Gasteiger partial charge on any atom is 0.322 e. The number of benzene rings is 4. The first-order valence-electron chi connectivity index (χ1n) is 20.9. The number of amides is 4. The third-order valence-electron chi connectivity index (χ3n) is 13.0. The van der Waals surface area contributed by atoms with Gasteiger partial charge < -0.3 is 30.1 Å². The zero-order valence-corrected chi connectivity index (χ0v) is 32.9. The van der Waals surface area contributed by atoms with Crippen LogP contribution in [0.5, 0.6) is 0 Å². The van der Waals surface area contributed by atoms with Gasteiger partial charge in [0.1, 0.15) is 5.78 Å². The molecule has 2 atom stereocenters. The Labute approximate surface area is 341 Å². The molecule has 5 heterocycles. The number of hydrogen-bond donors (Lipinski definition) is 4. The number of Topliss-reactive ketones (excluding diaryl/α,β-unsaturated/α-hetero) is 1. The van der Waals surface area contributed by atoms with Crippen LogP contribution in [-0.2, 0) is 14.3 Å². The molecule has 2 unspecified atom stereocenters. The number of urea groups is 2. The zero-order chi connectivity index (χ0) is 39.9. The van der Waals surface area contributed by atoms with E-state index in [0.717, 1.165) is 96.3 Å². The monoisotopic (exact) mass is 792 g/mol. The van der Waals surface area contributed by atoms with Gasteiger partial charge in [0.15, 0.2) is 5.79 Å². The number of aromatic nitrogens is 4. The van der Waals surface area contributed by atoms with E-state index in [0.29, 0.717) is 43.6 Å². The number of ketones is 1. The van der Waals surface area contributed by atoms with E-state index in [1.807, 2.05) is 46.2 Å². The van der Waals surface area contributed by atoms with Crippen LogP contribution in [0.3, 0.4) is 0 Å². The van der Waals surface area contributed by atoms with Gasteiger partial charge in [0.05, 0.1) is 60.0 Å². The number of H-pyrrole nitrogens is 2. The molecular formula is C46H48N8O5. The maximum atomic E-state index is 12.6. The van der Waals surface area contributed by atoms with Crippen molar-refractivity contribution in [3.63, 3.8) is 0 Å². The highest BCUT2D eigenvalue weighted by molar-refractivity contribution is 5.98. The van der Waals surface area contributed by atoms with Crippen LogP contribution in [-0.4, -0.2) is 69.9 Å². The third kappa shape index (κ3) is 7.33. The fourth-order valence-corrected chi connectivity index (χ4v) is 9.71. The predicted octanol–water partition coefficient (Wildman–Crippen LogP) is 8.30. The maximum absolute atomic E-state index is 12.6. The van der Waals surface area contributed by atoms with E-state index in [-0.39, 0.29) is 29.9 Å². The van der Waals surface area contributed by atoms with Crippen molar-refractivity contribution in [2.24, 2.45) is 0 Å². The van der Waals surface area contributed by atoms with E-state index in [1.54, 1.807) is 12.7 Å². The molecule has 59 heavy (non-hydrogen) atoms. The van der Waals surface area contributed by atoms with Gasteiger partial charge in [-0.05, 0) is 96.2 Å². The minimum Gasteiger partial charge on any atom is -0.348 e. The van der Waals surface area contributed by atoms with Gasteiger partial charge in [0.25, 0.3) is 0 Å². The normalized spacial score (nSPS) is 22.3. The first-order valence-corrected chi connectivity index (χ1v) is 20.9. The van der Waals surface area contributed by atoms with Gasteiger partial charge in [0, 0.05) is 50.1 Å². The second-order valence-corrected chi connectivity index (χ2v) is 16.4. The molecule has 0 bridgehead atoms. The summed E-state index contributed by atoms with van der Waals surface area (Å²) >= 11 is 0. The average Bonchev–Trinajstić information content (AvgIpc) is 4.13. The molecule has 2 saturated carbocycles. The quantitative estimate of drug-likeness (QED) is 0.132. The molecule has 3 saturated heterocycles. The van der Waals surface area contributed by atoms with Gasteiger partial charge in [-0.2, -0.15) is 0 Å². The number of fused-ring (bicyclic) bond motifs is 2. The standard InChI is InChI=1S/C24H26N4O3.C22H22N4O2/c29-23-25-14-22(28(23)19-5-6-20-21(13-19)27-15-26-20)18-3-1-16(2-4-18)17-7-9-24(10-8-17)30-11-12-31-24;27-18-8-5-15(6-9-18)14-1-3-16(4-2-14)21-12-23-22(28)26(21)17-7-10-19-20(11-17)25-13-24-19/h1-6,13,15,17,22H,7-12,14H2,(H,25,29)(H,26,27);1-4,7,10-11,13,15,21H,5-6,8-9,12H2,(H,23,28)(H,24,25). The number of nitrogens with zero attached hydrogens (tertiary/aromatic N) is 4. The van der Waals surface area contributed by atoms with E-state index in [1.165, 1.54) is 11.1 Å². The Kier molecular flexibility index (Phi) is 9.85. The number of carbonyl (C=O) groups excluding carboxylic acids is 3. The Morgan fingerprint density at radius 1 is 0.559 bits per heavy atom. The van der Waals surface area contributed by atoms with Gasteiger partial charge in [-0.25, -0.2) is 19.6 Å². The van der Waals surface area contributed by atoms with Gasteiger partial charge in [-0.15, -0.1) is 0 Å². The van der Waals surface area contributed by atoms with Crippen LogP contribution >= 0.6 is 0 Å². The van der Waals surface area contributed by atoms with Crippen LogP contribution in [0.25, 0.3) is 22.1 Å². The molecule has 13 heteroatoms. The molecule has 3 aliphatic heterocycles. The number of imidazole rings is 2. The third-order valence-corrected chi connectivity index (χ3v) is 13.0. The predicted molar refractivity (Wildman–Crippen MR) is 224 cm³/mol. The van der Waals surface area contributed by atoms with E-state index in [2.05, 4.69) is 79.1 Å². The molecule has 4 N–H and O–H groups in total. The molecule has 1 spiro atoms. The van der Waals surface area contributed by atoms with Crippen LogP contribution in [0.15, 0.2) is 97.6 Å². The molecule has 4 amide bonds. The van der Waals surface area contributed by atoms with Crippen LogP contribution in [0, 0.1) is 0 Å². The molecule has 13 nitrogen and oxygen atoms in total. The lowest BCUT2D eigenvalue weighted by atomic mass is 9.80. The van der Waals surface area contributed by atoms with Crippen LogP contribution < -0.4 is 20.4 Å². The summed E-state index contributed by atoms with van der Waals surface area (Å²) in [7, 11) is 0. The SMILES string of the molecule is O=C1CCC(c2ccc(C3CNC(=O)N3c3ccc4nc[nH]c4c3)cc2)CC1.O=C1NCC(c2ccc(C3CCC4(CC3)OCCO4)cc2)N1c1ccc2nc[nH]c2c1. The number of rotatable bonds is 6. The summed E-state index contributed by atoms with van der Waals surface area (Å²) < 4.78 is 11.7. The van der Waals surface area contributed by atoms with E-state index in [4.69, 9.17) is 9.47 Å². The van der Waals surface area contributed by atoms with Crippen molar-refractivity contribution in [3.05, 3.63) is 120 Å². The van der Waals surface area contributed by atoms with E-state index >= 15 is 0 Å². The highest BCUT2D eigenvalue weighted by Gasteiger charge is 2.41. The first kappa shape index (κ1) is 37.2. The number of aromatic amines is 2. The highest BCUT2D eigenvalue weighted by atomic mass is 16.7. The number of ether oxygens (including phenoxy) is 2. The van der Waals surface area contributed by atoms with Gasteiger partial charge >= 0.3 is 12.1 Å². The number of anilines is 2. The second kappa shape index (κ2) is 15.6. The summed E-state index contributed by atoms with van der Waals surface area (Å²) in [5.41, 5.74) is 10.2. The van der Waals surface area contributed by atoms with Crippen molar-refractivity contribution in [1.82, 2.24) is 30.6 Å². The second-order valence-electron chi connectivity index (χ2n) is 16.4. The molecule has 5 aliphatic rings. The Bertz CT molecular complexity index is 2470. The van der Waals surface area contributed by atoms with Crippen LogP contribution in [0.4, 0.5) is 21.0 Å². The van der Waals surface area contributed by atoms with Gasteiger partial charge in [0.2, 0.25) is 0 Å². The smallest absolute Gasteiger partial charge is 0.322 e. The zero-order valence-electron chi connectivity index (χ0n) is 32.9. The first-order chi connectivity index (χ1) is 28.9. The van der Waals surface area contributed by atoms with Crippen molar-refractivity contribution >= 4 is 51.3 Å². The summed E-state index contributed by atoms with van der Waals surface area (Å²) in [6, 6.07) is 28.9. The fraction of sp³-hybridized carbons (Fsp3) is 0.370.